The molecule has 1 aromatic heterocycles. The van der Waals surface area contributed by atoms with Crippen LogP contribution in [0.1, 0.15) is 11.3 Å². The second-order valence-corrected chi connectivity index (χ2v) is 5.98. The van der Waals surface area contributed by atoms with Crippen molar-refractivity contribution in [3.8, 4) is 0 Å². The van der Waals surface area contributed by atoms with Crippen molar-refractivity contribution in [2.75, 3.05) is 13.1 Å². The van der Waals surface area contributed by atoms with E-state index in [4.69, 9.17) is 0 Å². The summed E-state index contributed by atoms with van der Waals surface area (Å²) in [6.45, 7) is 3.36. The van der Waals surface area contributed by atoms with Crippen LogP contribution in [0.25, 0.3) is 10.8 Å². The highest BCUT2D eigenvalue weighted by Crippen LogP contribution is 2.16. The summed E-state index contributed by atoms with van der Waals surface area (Å²) in [5.41, 5.74) is 2.33. The smallest absolute Gasteiger partial charge is 0.194 e. The van der Waals surface area contributed by atoms with Crippen molar-refractivity contribution < 1.29 is 0 Å². The fourth-order valence-corrected chi connectivity index (χ4v) is 3.02. The Hall–Kier alpha value is -2.15. The van der Waals surface area contributed by atoms with E-state index in [1.165, 1.54) is 16.3 Å². The minimum atomic E-state index is 0. The van der Waals surface area contributed by atoms with E-state index >= 15 is 0 Å². The summed E-state index contributed by atoms with van der Waals surface area (Å²) in [7, 11) is 0. The number of pyridine rings is 1. The highest BCUT2D eigenvalue weighted by molar-refractivity contribution is 14.0. The Labute approximate surface area is 165 Å². The zero-order valence-electron chi connectivity index (χ0n) is 13.9. The number of halogens is 1. The van der Waals surface area contributed by atoms with Crippen LogP contribution in [0.15, 0.2) is 71.9 Å². The molecule has 0 spiro atoms. The molecular formula is C20H21IN4. The first-order valence-corrected chi connectivity index (χ1v) is 8.29. The molecule has 0 fully saturated rings. The number of aromatic nitrogens is 1. The van der Waals surface area contributed by atoms with Gasteiger partial charge in [0.25, 0.3) is 0 Å². The molecule has 2 aromatic carbocycles. The second kappa shape index (κ2) is 8.29. The molecule has 128 valence electrons. The molecule has 0 saturated heterocycles. The third-order valence-electron chi connectivity index (χ3n) is 4.27. The van der Waals surface area contributed by atoms with Crippen LogP contribution in [0.3, 0.4) is 0 Å². The predicted octanol–water partition coefficient (Wildman–Crippen LogP) is 3.81. The van der Waals surface area contributed by atoms with E-state index in [0.29, 0.717) is 0 Å². The van der Waals surface area contributed by atoms with Crippen LogP contribution in [-0.2, 0) is 13.1 Å². The number of fused-ring (bicyclic) bond motifs is 1. The maximum absolute atomic E-state index is 4.59. The Morgan fingerprint density at radius 1 is 0.960 bits per heavy atom. The zero-order valence-corrected chi connectivity index (χ0v) is 16.3. The van der Waals surface area contributed by atoms with Crippen LogP contribution in [-0.4, -0.2) is 28.9 Å². The normalized spacial score (nSPS) is 13.4. The van der Waals surface area contributed by atoms with Crippen molar-refractivity contribution in [3.63, 3.8) is 0 Å². The number of aliphatic imine (C=N–C) groups is 1. The van der Waals surface area contributed by atoms with Crippen LogP contribution in [0.4, 0.5) is 0 Å². The Balaban J connectivity index is 0.00000182. The van der Waals surface area contributed by atoms with Crippen molar-refractivity contribution in [2.24, 2.45) is 4.99 Å². The standard InChI is InChI=1S/C20H20N4.HI/c1-2-6-18-13-16(8-9-17(18)5-1)14-23-20-22-11-12-24(20)15-19-7-3-4-10-21-19;/h1-10,13H,11-12,14-15H2,(H,22,23);1H. The topological polar surface area (TPSA) is 40.5 Å². The van der Waals surface area contributed by atoms with Gasteiger partial charge < -0.3 is 10.2 Å². The molecule has 4 rings (SSSR count). The van der Waals surface area contributed by atoms with Gasteiger partial charge in [-0.1, -0.05) is 42.5 Å². The molecule has 25 heavy (non-hydrogen) atoms. The van der Waals surface area contributed by atoms with Gasteiger partial charge in [-0.2, -0.15) is 0 Å². The van der Waals surface area contributed by atoms with Gasteiger partial charge in [0, 0.05) is 19.3 Å². The van der Waals surface area contributed by atoms with Gasteiger partial charge in [-0.25, -0.2) is 0 Å². The van der Waals surface area contributed by atoms with Crippen LogP contribution in [0.5, 0.6) is 0 Å². The Bertz CT molecular complexity index is 864. The third-order valence-corrected chi connectivity index (χ3v) is 4.27. The van der Waals surface area contributed by atoms with E-state index in [0.717, 1.165) is 37.8 Å². The molecule has 2 heterocycles. The summed E-state index contributed by atoms with van der Waals surface area (Å²) < 4.78 is 0. The lowest BCUT2D eigenvalue weighted by Crippen LogP contribution is -2.37. The molecule has 0 aliphatic carbocycles. The summed E-state index contributed by atoms with van der Waals surface area (Å²) in [5, 5.41) is 6.03. The summed E-state index contributed by atoms with van der Waals surface area (Å²) in [4.78, 5) is 11.3. The third kappa shape index (κ3) is 4.28. The Morgan fingerprint density at radius 2 is 1.80 bits per heavy atom. The van der Waals surface area contributed by atoms with E-state index < -0.39 is 0 Å². The number of nitrogens with zero attached hydrogens (tertiary/aromatic N) is 3. The molecule has 0 bridgehead atoms. The Kier molecular flexibility index (Phi) is 5.86. The number of nitrogens with one attached hydrogen (secondary N) is 1. The number of hydrogen-bond acceptors (Lipinski definition) is 4. The summed E-state index contributed by atoms with van der Waals surface area (Å²) in [5.74, 6) is 0.966. The molecule has 0 saturated carbocycles. The molecule has 3 aromatic rings. The molecule has 1 aliphatic rings. The van der Waals surface area contributed by atoms with Crippen LogP contribution >= 0.6 is 24.0 Å². The lowest BCUT2D eigenvalue weighted by Gasteiger charge is -2.20. The molecule has 1 aliphatic heterocycles. The van der Waals surface area contributed by atoms with Crippen LogP contribution < -0.4 is 5.32 Å². The van der Waals surface area contributed by atoms with E-state index in [2.05, 4.69) is 68.7 Å². The van der Waals surface area contributed by atoms with Gasteiger partial charge in [-0.3, -0.25) is 9.98 Å². The van der Waals surface area contributed by atoms with Gasteiger partial charge >= 0.3 is 0 Å². The maximum atomic E-state index is 4.59. The highest BCUT2D eigenvalue weighted by Gasteiger charge is 2.17. The molecule has 0 unspecified atom stereocenters. The maximum Gasteiger partial charge on any atom is 0.194 e. The Morgan fingerprint density at radius 3 is 2.64 bits per heavy atom. The number of guanidine groups is 1. The van der Waals surface area contributed by atoms with Crippen molar-refractivity contribution in [1.82, 2.24) is 15.2 Å². The lowest BCUT2D eigenvalue weighted by molar-refractivity contribution is 0.431. The van der Waals surface area contributed by atoms with Crippen molar-refractivity contribution in [1.29, 1.82) is 0 Å². The lowest BCUT2D eigenvalue weighted by atomic mass is 10.1. The molecule has 5 heteroatoms. The van der Waals surface area contributed by atoms with Gasteiger partial charge in [0.1, 0.15) is 0 Å². The van der Waals surface area contributed by atoms with Crippen LogP contribution in [0, 0.1) is 0 Å². The first-order chi connectivity index (χ1) is 11.9. The average Bonchev–Trinajstić information content (AvgIpc) is 3.08. The van der Waals surface area contributed by atoms with E-state index in [1.807, 2.05) is 18.3 Å². The number of rotatable bonds is 4. The number of hydrogen-bond donors (Lipinski definition) is 1. The fraction of sp³-hybridized carbons (Fsp3) is 0.200. The number of benzene rings is 2. The second-order valence-electron chi connectivity index (χ2n) is 5.98. The monoisotopic (exact) mass is 444 g/mol. The minimum absolute atomic E-state index is 0. The zero-order chi connectivity index (χ0) is 16.2. The first-order valence-electron chi connectivity index (χ1n) is 8.29. The first kappa shape index (κ1) is 17.7. The van der Waals surface area contributed by atoms with E-state index in [9.17, 15) is 0 Å². The average molecular weight is 444 g/mol. The van der Waals surface area contributed by atoms with Crippen molar-refractivity contribution >= 4 is 40.7 Å². The van der Waals surface area contributed by atoms with E-state index in [1.54, 1.807) is 0 Å². The summed E-state index contributed by atoms with van der Waals surface area (Å²) >= 11 is 0. The van der Waals surface area contributed by atoms with E-state index in [-0.39, 0.29) is 24.0 Å². The highest BCUT2D eigenvalue weighted by atomic mass is 127. The van der Waals surface area contributed by atoms with Gasteiger partial charge in [-0.15, -0.1) is 24.0 Å². The molecule has 0 radical (unpaired) electrons. The largest absolute Gasteiger partial charge is 0.352 e. The van der Waals surface area contributed by atoms with Crippen molar-refractivity contribution in [3.05, 3.63) is 78.1 Å². The fourth-order valence-electron chi connectivity index (χ4n) is 3.02. The van der Waals surface area contributed by atoms with Gasteiger partial charge in [0.2, 0.25) is 0 Å². The molecule has 1 N–H and O–H groups in total. The van der Waals surface area contributed by atoms with Gasteiger partial charge in [0.15, 0.2) is 5.96 Å². The molecular weight excluding hydrogens is 423 g/mol. The quantitative estimate of drug-likeness (QED) is 0.623. The predicted molar refractivity (Wildman–Crippen MR) is 113 cm³/mol. The van der Waals surface area contributed by atoms with Gasteiger partial charge in [-0.05, 0) is 34.5 Å². The summed E-state index contributed by atoms with van der Waals surface area (Å²) in [6.07, 6.45) is 1.84. The molecule has 0 atom stereocenters. The van der Waals surface area contributed by atoms with Crippen molar-refractivity contribution in [2.45, 2.75) is 13.1 Å². The SMILES string of the molecule is I.c1ccc(CN2CCN=C2NCc2ccc3ccccc3c2)nc1. The van der Waals surface area contributed by atoms with Gasteiger partial charge in [0.05, 0.1) is 18.8 Å². The van der Waals surface area contributed by atoms with Crippen LogP contribution in [0.2, 0.25) is 0 Å². The molecule has 4 nitrogen and oxygen atoms in total. The minimum Gasteiger partial charge on any atom is -0.352 e. The summed E-state index contributed by atoms with van der Waals surface area (Å²) in [6, 6.07) is 21.1. The molecule has 0 amide bonds.